The first-order valence-electron chi connectivity index (χ1n) is 5.32. The molecule has 6 heteroatoms. The van der Waals surface area contributed by atoms with Gasteiger partial charge >= 0.3 is 5.97 Å². The largest absolute Gasteiger partial charge is 0.461 e. The highest BCUT2D eigenvalue weighted by atomic mass is 32.2. The first-order valence-corrected chi connectivity index (χ1v) is 7.04. The molecule has 2 N–H and O–H groups in total. The topological polar surface area (TPSA) is 86.5 Å². The van der Waals surface area contributed by atoms with E-state index in [0.29, 0.717) is 6.42 Å². The Kier molecular flexibility index (Phi) is 2.37. The fourth-order valence-corrected chi connectivity index (χ4v) is 4.20. The maximum absolute atomic E-state index is 11.3. The van der Waals surface area contributed by atoms with E-state index in [0.717, 1.165) is 12.8 Å². The van der Waals surface area contributed by atoms with Gasteiger partial charge in [-0.15, -0.1) is 0 Å². The lowest BCUT2D eigenvalue weighted by Crippen LogP contribution is -2.50. The van der Waals surface area contributed by atoms with Crippen molar-refractivity contribution in [1.82, 2.24) is 0 Å². The molecule has 1 atom stereocenters. The van der Waals surface area contributed by atoms with E-state index in [1.165, 1.54) is 0 Å². The number of carbonyl (C=O) groups is 1. The highest BCUT2D eigenvalue weighted by Crippen LogP contribution is 2.61. The zero-order valence-electron chi connectivity index (χ0n) is 9.52. The van der Waals surface area contributed by atoms with Gasteiger partial charge in [-0.1, -0.05) is 13.8 Å². The highest BCUT2D eigenvalue weighted by Gasteiger charge is 2.60. The third-order valence-corrected chi connectivity index (χ3v) is 4.27. The van der Waals surface area contributed by atoms with E-state index in [2.05, 4.69) is 13.8 Å². The van der Waals surface area contributed by atoms with Crippen LogP contribution in [0.3, 0.4) is 0 Å². The van der Waals surface area contributed by atoms with Gasteiger partial charge in [-0.2, -0.15) is 0 Å². The van der Waals surface area contributed by atoms with Crippen molar-refractivity contribution in [3.8, 4) is 0 Å². The van der Waals surface area contributed by atoms with Crippen molar-refractivity contribution < 1.29 is 17.9 Å². The molecular weight excluding hydrogens is 230 g/mol. The second-order valence-electron chi connectivity index (χ2n) is 5.86. The predicted octanol–water partition coefficient (Wildman–Crippen LogP) is 0.397. The van der Waals surface area contributed by atoms with Crippen LogP contribution < -0.4 is 5.14 Å². The van der Waals surface area contributed by atoms with Crippen molar-refractivity contribution in [3.63, 3.8) is 0 Å². The minimum absolute atomic E-state index is 0.171. The van der Waals surface area contributed by atoms with E-state index in [9.17, 15) is 13.2 Å². The van der Waals surface area contributed by atoms with Gasteiger partial charge in [-0.25, -0.2) is 13.6 Å². The summed E-state index contributed by atoms with van der Waals surface area (Å²) in [6.45, 7) is 4.21. The number of rotatable bonds is 2. The smallest absolute Gasteiger partial charge is 0.306 e. The monoisotopic (exact) mass is 247 g/mol. The van der Waals surface area contributed by atoms with Crippen molar-refractivity contribution in [2.75, 3.05) is 5.75 Å². The van der Waals surface area contributed by atoms with E-state index in [1.54, 1.807) is 0 Å². The molecule has 1 saturated carbocycles. The van der Waals surface area contributed by atoms with Gasteiger partial charge in [0.1, 0.15) is 11.9 Å². The van der Waals surface area contributed by atoms with Gasteiger partial charge in [0.2, 0.25) is 10.0 Å². The summed E-state index contributed by atoms with van der Waals surface area (Å²) in [4.78, 5) is 11.3. The molecule has 92 valence electrons. The third kappa shape index (κ3) is 2.08. The van der Waals surface area contributed by atoms with Crippen molar-refractivity contribution >= 4 is 16.0 Å². The molecule has 1 saturated heterocycles. The Balaban J connectivity index is 2.16. The number of esters is 1. The number of hydrogen-bond donors (Lipinski definition) is 1. The maximum Gasteiger partial charge on any atom is 0.306 e. The average Bonchev–Trinajstić information content (AvgIpc) is 2.20. The lowest BCUT2D eigenvalue weighted by molar-refractivity contribution is -0.141. The summed E-state index contributed by atoms with van der Waals surface area (Å²) < 4.78 is 27.2. The van der Waals surface area contributed by atoms with Crippen molar-refractivity contribution in [2.45, 2.75) is 39.2 Å². The Morgan fingerprint density at radius 1 is 1.44 bits per heavy atom. The van der Waals surface area contributed by atoms with Crippen LogP contribution in [-0.2, 0) is 19.6 Å². The zero-order valence-corrected chi connectivity index (χ0v) is 10.3. The standard InChI is InChI=1S/C10H17NO4S/c1-9(2)5-10(6-9)3-8(12)15-7(10)4-16(11,13)14/h7H,3-6H2,1-2H3,(H2,11,13,14). The summed E-state index contributed by atoms with van der Waals surface area (Å²) in [6.07, 6.45) is 1.43. The molecule has 2 aliphatic rings. The summed E-state index contributed by atoms with van der Waals surface area (Å²) in [6, 6.07) is 0. The van der Waals surface area contributed by atoms with E-state index in [1.807, 2.05) is 0 Å². The Morgan fingerprint density at radius 2 is 2.00 bits per heavy atom. The van der Waals surface area contributed by atoms with E-state index < -0.39 is 16.1 Å². The minimum Gasteiger partial charge on any atom is -0.461 e. The summed E-state index contributed by atoms with van der Waals surface area (Å²) in [5.74, 6) is -0.557. The van der Waals surface area contributed by atoms with Gasteiger partial charge in [-0.3, -0.25) is 4.79 Å². The Morgan fingerprint density at radius 3 is 2.44 bits per heavy atom. The van der Waals surface area contributed by atoms with Crippen LogP contribution in [0, 0.1) is 10.8 Å². The molecule has 16 heavy (non-hydrogen) atoms. The van der Waals surface area contributed by atoms with Gasteiger partial charge in [0.15, 0.2) is 0 Å². The Bertz CT molecular complexity index is 418. The van der Waals surface area contributed by atoms with Gasteiger partial charge in [0.05, 0.1) is 6.42 Å². The molecule has 2 rings (SSSR count). The molecule has 5 nitrogen and oxygen atoms in total. The molecule has 1 heterocycles. The second kappa shape index (κ2) is 3.20. The van der Waals surface area contributed by atoms with Crippen LogP contribution in [0.2, 0.25) is 0 Å². The van der Waals surface area contributed by atoms with Crippen LogP contribution in [0.15, 0.2) is 0 Å². The summed E-state index contributed by atoms with van der Waals surface area (Å²) in [5, 5.41) is 5.01. The van der Waals surface area contributed by atoms with Gasteiger partial charge in [0, 0.05) is 5.41 Å². The lowest BCUT2D eigenvalue weighted by atomic mass is 9.52. The molecule has 0 aromatic carbocycles. The van der Waals surface area contributed by atoms with Crippen molar-refractivity contribution in [3.05, 3.63) is 0 Å². The fraction of sp³-hybridized carbons (Fsp3) is 0.900. The average molecular weight is 247 g/mol. The van der Waals surface area contributed by atoms with E-state index in [-0.39, 0.29) is 22.6 Å². The first-order chi connectivity index (χ1) is 7.12. The van der Waals surface area contributed by atoms with E-state index in [4.69, 9.17) is 9.88 Å². The molecular formula is C10H17NO4S. The number of nitrogens with two attached hydrogens (primary N) is 1. The zero-order chi connectivity index (χ0) is 12.2. The fourth-order valence-electron chi connectivity index (χ4n) is 3.36. The number of carbonyl (C=O) groups excluding carboxylic acids is 1. The van der Waals surface area contributed by atoms with Crippen LogP contribution in [0.5, 0.6) is 0 Å². The number of primary sulfonamides is 1. The highest BCUT2D eigenvalue weighted by molar-refractivity contribution is 7.89. The van der Waals surface area contributed by atoms with E-state index >= 15 is 0 Å². The first kappa shape index (κ1) is 11.9. The molecule has 0 bridgehead atoms. The number of hydrogen-bond acceptors (Lipinski definition) is 4. The number of ether oxygens (including phenoxy) is 1. The molecule has 0 radical (unpaired) electrons. The Hall–Kier alpha value is -0.620. The lowest BCUT2D eigenvalue weighted by Gasteiger charge is -2.52. The van der Waals surface area contributed by atoms with Crippen LogP contribution in [0.25, 0.3) is 0 Å². The van der Waals surface area contributed by atoms with Crippen molar-refractivity contribution in [2.24, 2.45) is 16.0 Å². The molecule has 1 aliphatic carbocycles. The molecule has 1 aliphatic heterocycles. The van der Waals surface area contributed by atoms with Gasteiger partial charge < -0.3 is 4.74 Å². The Labute approximate surface area is 95.4 Å². The molecule has 0 aromatic heterocycles. The van der Waals surface area contributed by atoms with Gasteiger partial charge in [0.25, 0.3) is 0 Å². The van der Waals surface area contributed by atoms with Crippen LogP contribution in [-0.4, -0.2) is 26.2 Å². The summed E-state index contributed by atoms with van der Waals surface area (Å²) in [7, 11) is -3.59. The number of sulfonamides is 1. The molecule has 2 fully saturated rings. The SMILES string of the molecule is CC1(C)CC2(CC(=O)OC2CS(N)(=O)=O)C1. The van der Waals surface area contributed by atoms with Crippen LogP contribution in [0.4, 0.5) is 0 Å². The predicted molar refractivity (Wildman–Crippen MR) is 57.9 cm³/mol. The van der Waals surface area contributed by atoms with Gasteiger partial charge in [-0.05, 0) is 18.3 Å². The maximum atomic E-state index is 11.3. The minimum atomic E-state index is -3.59. The van der Waals surface area contributed by atoms with Crippen LogP contribution in [0.1, 0.15) is 33.1 Å². The number of cyclic esters (lactones) is 1. The quantitative estimate of drug-likeness (QED) is 0.715. The molecule has 0 amide bonds. The summed E-state index contributed by atoms with van der Waals surface area (Å²) >= 11 is 0. The van der Waals surface area contributed by atoms with Crippen LogP contribution >= 0.6 is 0 Å². The molecule has 1 unspecified atom stereocenters. The molecule has 1 spiro atoms. The normalized spacial score (nSPS) is 31.2. The molecule has 0 aromatic rings. The second-order valence-corrected chi connectivity index (χ2v) is 7.52. The third-order valence-electron chi connectivity index (χ3n) is 3.50. The van der Waals surface area contributed by atoms with Crippen molar-refractivity contribution in [1.29, 1.82) is 0 Å². The summed E-state index contributed by atoms with van der Waals surface area (Å²) in [5.41, 5.74) is -0.113.